The zero-order valence-corrected chi connectivity index (χ0v) is 15.6. The largest absolute Gasteiger partial charge is 0.338 e. The van der Waals surface area contributed by atoms with Gasteiger partial charge in [-0.15, -0.1) is 0 Å². The van der Waals surface area contributed by atoms with E-state index in [0.29, 0.717) is 32.6 Å². The minimum absolute atomic E-state index is 0.0682. The topological polar surface area (TPSA) is 99.3 Å². The van der Waals surface area contributed by atoms with E-state index in [9.17, 15) is 14.4 Å². The fourth-order valence-electron chi connectivity index (χ4n) is 4.34. The van der Waals surface area contributed by atoms with Gasteiger partial charge in [-0.2, -0.15) is 0 Å². The van der Waals surface area contributed by atoms with Crippen LogP contribution in [0, 0.1) is 5.41 Å². The number of aromatic nitrogens is 3. The lowest BCUT2D eigenvalue weighted by atomic mass is 9.73. The number of aromatic amines is 1. The molecule has 2 saturated heterocycles. The van der Waals surface area contributed by atoms with Gasteiger partial charge in [0.05, 0.1) is 6.33 Å². The summed E-state index contributed by atoms with van der Waals surface area (Å²) in [5.41, 5.74) is 0.521. The molecular weight excluding hydrogens is 358 g/mol. The van der Waals surface area contributed by atoms with Gasteiger partial charge in [0.1, 0.15) is 5.56 Å². The molecule has 0 radical (unpaired) electrons. The maximum atomic E-state index is 12.9. The van der Waals surface area contributed by atoms with Gasteiger partial charge in [-0.05, 0) is 30.9 Å². The van der Waals surface area contributed by atoms with Gasteiger partial charge in [0.2, 0.25) is 5.91 Å². The lowest BCUT2D eigenvalue weighted by Crippen LogP contribution is -2.55. The van der Waals surface area contributed by atoms with Gasteiger partial charge in [0.15, 0.2) is 0 Å². The number of amides is 2. The second-order valence-electron chi connectivity index (χ2n) is 7.74. The smallest absolute Gasteiger partial charge is 0.263 e. The van der Waals surface area contributed by atoms with Crippen LogP contribution in [0.25, 0.3) is 0 Å². The Balaban J connectivity index is 1.51. The number of H-pyrrole nitrogens is 1. The molecule has 2 fully saturated rings. The summed E-state index contributed by atoms with van der Waals surface area (Å²) in [5.74, 6) is -0.147. The minimum Gasteiger partial charge on any atom is -0.338 e. The summed E-state index contributed by atoms with van der Waals surface area (Å²) in [6.45, 7) is 2.32. The number of carbonyl (C=O) groups excluding carboxylic acids is 2. The summed E-state index contributed by atoms with van der Waals surface area (Å²) < 4.78 is 0. The molecule has 2 aromatic rings. The van der Waals surface area contributed by atoms with E-state index in [4.69, 9.17) is 0 Å². The number of carbonyl (C=O) groups is 2. The molecule has 1 spiro atoms. The number of nitrogens with zero attached hydrogens (tertiary/aromatic N) is 4. The molecule has 2 aliphatic rings. The van der Waals surface area contributed by atoms with E-state index < -0.39 is 5.56 Å². The highest BCUT2D eigenvalue weighted by Crippen LogP contribution is 2.39. The lowest BCUT2D eigenvalue weighted by Gasteiger charge is -2.48. The van der Waals surface area contributed by atoms with Crippen LogP contribution in [0.1, 0.15) is 41.6 Å². The van der Waals surface area contributed by atoms with Crippen molar-refractivity contribution in [3.8, 4) is 0 Å². The summed E-state index contributed by atoms with van der Waals surface area (Å²) >= 11 is 0. The van der Waals surface area contributed by atoms with Gasteiger partial charge < -0.3 is 14.8 Å². The molecule has 8 nitrogen and oxygen atoms in total. The Morgan fingerprint density at radius 3 is 2.86 bits per heavy atom. The molecular formula is C20H23N5O3. The number of nitrogens with one attached hydrogen (secondary N) is 1. The molecule has 1 N–H and O–H groups in total. The molecule has 1 atom stereocenters. The van der Waals surface area contributed by atoms with Gasteiger partial charge in [0, 0.05) is 56.6 Å². The zero-order valence-electron chi connectivity index (χ0n) is 15.6. The summed E-state index contributed by atoms with van der Waals surface area (Å²) in [4.78, 5) is 51.4. The predicted octanol–water partition coefficient (Wildman–Crippen LogP) is 1.21. The van der Waals surface area contributed by atoms with Gasteiger partial charge in [0.25, 0.3) is 11.5 Å². The highest BCUT2D eigenvalue weighted by Gasteiger charge is 2.43. The van der Waals surface area contributed by atoms with Crippen LogP contribution in [0.2, 0.25) is 0 Å². The molecule has 2 amide bonds. The van der Waals surface area contributed by atoms with Crippen molar-refractivity contribution < 1.29 is 9.59 Å². The van der Waals surface area contributed by atoms with E-state index in [1.807, 2.05) is 17.0 Å². The molecule has 28 heavy (non-hydrogen) atoms. The quantitative estimate of drug-likeness (QED) is 0.862. The van der Waals surface area contributed by atoms with Gasteiger partial charge in [-0.1, -0.05) is 6.07 Å². The SMILES string of the molecule is O=C1CC[C@]2(CCCN(C(=O)c3cnc[nH]c3=O)C2)CN1Cc1cccnc1. The molecule has 0 saturated carbocycles. The molecule has 4 rings (SSSR count). The minimum atomic E-state index is -0.420. The normalized spacial score (nSPS) is 22.5. The lowest BCUT2D eigenvalue weighted by molar-refractivity contribution is -0.139. The predicted molar refractivity (Wildman–Crippen MR) is 101 cm³/mol. The van der Waals surface area contributed by atoms with Crippen LogP contribution in [0.15, 0.2) is 41.8 Å². The highest BCUT2D eigenvalue weighted by molar-refractivity contribution is 5.93. The Kier molecular flexibility index (Phi) is 4.93. The first-order valence-corrected chi connectivity index (χ1v) is 9.55. The van der Waals surface area contributed by atoms with Crippen LogP contribution in [0.3, 0.4) is 0 Å². The first-order chi connectivity index (χ1) is 13.6. The molecule has 0 aliphatic carbocycles. The number of pyridine rings is 1. The zero-order chi connectivity index (χ0) is 19.6. The third-order valence-electron chi connectivity index (χ3n) is 5.74. The Morgan fingerprint density at radius 1 is 1.18 bits per heavy atom. The van der Waals surface area contributed by atoms with E-state index in [2.05, 4.69) is 15.0 Å². The van der Waals surface area contributed by atoms with E-state index >= 15 is 0 Å². The van der Waals surface area contributed by atoms with Crippen LogP contribution in [-0.4, -0.2) is 56.2 Å². The summed E-state index contributed by atoms with van der Waals surface area (Å²) in [6.07, 6.45) is 9.17. The van der Waals surface area contributed by atoms with Crippen LogP contribution in [0.4, 0.5) is 0 Å². The molecule has 0 unspecified atom stereocenters. The fourth-order valence-corrected chi connectivity index (χ4v) is 4.34. The Morgan fingerprint density at radius 2 is 2.07 bits per heavy atom. The van der Waals surface area contributed by atoms with Gasteiger partial charge >= 0.3 is 0 Å². The van der Waals surface area contributed by atoms with Crippen molar-refractivity contribution in [1.29, 1.82) is 0 Å². The highest BCUT2D eigenvalue weighted by atomic mass is 16.2. The Labute approximate surface area is 162 Å². The second-order valence-corrected chi connectivity index (χ2v) is 7.74. The van der Waals surface area contributed by atoms with Gasteiger partial charge in [-0.3, -0.25) is 19.4 Å². The van der Waals surface area contributed by atoms with Crippen LogP contribution < -0.4 is 5.56 Å². The molecule has 0 bridgehead atoms. The number of piperidine rings is 2. The monoisotopic (exact) mass is 381 g/mol. The maximum absolute atomic E-state index is 12.9. The number of hydrogen-bond donors (Lipinski definition) is 1. The molecule has 8 heteroatoms. The molecule has 4 heterocycles. The molecule has 2 aromatic heterocycles. The average molecular weight is 381 g/mol. The van der Waals surface area contributed by atoms with Gasteiger partial charge in [-0.25, -0.2) is 4.98 Å². The summed E-state index contributed by atoms with van der Waals surface area (Å²) in [7, 11) is 0. The summed E-state index contributed by atoms with van der Waals surface area (Å²) in [5, 5.41) is 0. The van der Waals surface area contributed by atoms with Crippen LogP contribution >= 0.6 is 0 Å². The van der Waals surface area contributed by atoms with Crippen molar-refractivity contribution in [1.82, 2.24) is 24.8 Å². The number of likely N-dealkylation sites (tertiary alicyclic amines) is 2. The molecule has 0 aromatic carbocycles. The van der Waals surface area contributed by atoms with Crippen LogP contribution in [0.5, 0.6) is 0 Å². The van der Waals surface area contributed by atoms with Crippen molar-refractivity contribution in [3.05, 3.63) is 58.5 Å². The van der Waals surface area contributed by atoms with Crippen molar-refractivity contribution in [2.75, 3.05) is 19.6 Å². The molecule has 2 aliphatic heterocycles. The van der Waals surface area contributed by atoms with E-state index in [0.717, 1.165) is 24.8 Å². The molecule has 146 valence electrons. The Bertz CT molecular complexity index is 929. The van der Waals surface area contributed by atoms with E-state index in [1.165, 1.54) is 12.5 Å². The summed E-state index contributed by atoms with van der Waals surface area (Å²) in [6, 6.07) is 3.83. The standard InChI is InChI=1S/C20H23N5O3/c26-17-4-6-20(13-25(17)11-15-3-1-7-21-9-15)5-2-8-24(12-20)19(28)16-10-22-14-23-18(16)27/h1,3,7,9-10,14H,2,4-6,8,11-13H2,(H,22,23,27)/t20-/m0/s1. The number of rotatable bonds is 3. The second kappa shape index (κ2) is 7.53. The number of hydrogen-bond acceptors (Lipinski definition) is 5. The van der Waals surface area contributed by atoms with Crippen molar-refractivity contribution in [2.24, 2.45) is 5.41 Å². The van der Waals surface area contributed by atoms with E-state index in [-0.39, 0.29) is 22.8 Å². The fraction of sp³-hybridized carbons (Fsp3) is 0.450. The van der Waals surface area contributed by atoms with Crippen molar-refractivity contribution in [2.45, 2.75) is 32.2 Å². The third kappa shape index (κ3) is 3.67. The van der Waals surface area contributed by atoms with Crippen molar-refractivity contribution >= 4 is 11.8 Å². The maximum Gasteiger partial charge on any atom is 0.263 e. The Hall–Kier alpha value is -3.03. The van der Waals surface area contributed by atoms with Crippen LogP contribution in [-0.2, 0) is 11.3 Å². The average Bonchev–Trinajstić information content (AvgIpc) is 2.72. The first kappa shape index (κ1) is 18.3. The van der Waals surface area contributed by atoms with Crippen molar-refractivity contribution in [3.63, 3.8) is 0 Å². The third-order valence-corrected chi connectivity index (χ3v) is 5.74. The first-order valence-electron chi connectivity index (χ1n) is 9.55. The van der Waals surface area contributed by atoms with E-state index in [1.54, 1.807) is 17.3 Å².